The molecule has 1 unspecified atom stereocenters. The zero-order chi connectivity index (χ0) is 11.0. The number of nitrogens with zero attached hydrogens (tertiary/aromatic N) is 1. The predicted octanol–water partition coefficient (Wildman–Crippen LogP) is 1.92. The van der Waals surface area contributed by atoms with Crippen LogP contribution in [0.2, 0.25) is 0 Å². The van der Waals surface area contributed by atoms with Crippen LogP contribution in [0.15, 0.2) is 0 Å². The molecule has 0 saturated carbocycles. The van der Waals surface area contributed by atoms with Crippen molar-refractivity contribution in [2.24, 2.45) is 0 Å². The molecule has 1 atom stereocenters. The third-order valence-electron chi connectivity index (χ3n) is 2.39. The van der Waals surface area contributed by atoms with Gasteiger partial charge in [-0.05, 0) is 31.5 Å². The van der Waals surface area contributed by atoms with E-state index in [1.165, 1.54) is 0 Å². The summed E-state index contributed by atoms with van der Waals surface area (Å²) in [5, 5.41) is 8.79. The number of aliphatic carboxylic acids is 1. The molecular formula is C10H21NO2S. The fraction of sp³-hybridized carbons (Fsp3) is 0.900. The first kappa shape index (κ1) is 13.8. The van der Waals surface area contributed by atoms with Crippen molar-refractivity contribution in [2.45, 2.75) is 32.7 Å². The van der Waals surface area contributed by atoms with Crippen molar-refractivity contribution >= 4 is 17.7 Å². The highest BCUT2D eigenvalue weighted by Crippen LogP contribution is 2.11. The Kier molecular flexibility index (Phi) is 7.99. The van der Waals surface area contributed by atoms with Crippen LogP contribution in [0.3, 0.4) is 0 Å². The average Bonchev–Trinajstić information content (AvgIpc) is 2.15. The van der Waals surface area contributed by atoms with Gasteiger partial charge in [-0.3, -0.25) is 4.79 Å². The minimum absolute atomic E-state index is 0.204. The number of rotatable bonds is 8. The molecule has 0 aliphatic carbocycles. The first-order valence-corrected chi connectivity index (χ1v) is 6.49. The predicted molar refractivity (Wildman–Crippen MR) is 62.0 cm³/mol. The minimum Gasteiger partial charge on any atom is -0.481 e. The summed E-state index contributed by atoms with van der Waals surface area (Å²) in [6.07, 6.45) is 3.29. The highest BCUT2D eigenvalue weighted by atomic mass is 32.2. The molecule has 0 aliphatic heterocycles. The van der Waals surface area contributed by atoms with E-state index in [0.29, 0.717) is 0 Å². The van der Waals surface area contributed by atoms with Gasteiger partial charge in [0.1, 0.15) is 0 Å². The minimum atomic E-state index is -0.692. The second-order valence-corrected chi connectivity index (χ2v) is 4.24. The molecule has 0 aromatic rings. The SMILES string of the molecule is CCN(CC)C(CCSC)CC(=O)O. The summed E-state index contributed by atoms with van der Waals surface area (Å²) in [4.78, 5) is 12.9. The van der Waals surface area contributed by atoms with Gasteiger partial charge in [0.2, 0.25) is 0 Å². The van der Waals surface area contributed by atoms with Gasteiger partial charge in [0.05, 0.1) is 6.42 Å². The van der Waals surface area contributed by atoms with Gasteiger partial charge in [-0.2, -0.15) is 11.8 Å². The summed E-state index contributed by atoms with van der Waals surface area (Å²) in [6.45, 7) is 6.03. The van der Waals surface area contributed by atoms with Crippen LogP contribution in [-0.4, -0.2) is 47.1 Å². The van der Waals surface area contributed by atoms with E-state index >= 15 is 0 Å². The van der Waals surface area contributed by atoms with Crippen LogP contribution in [0, 0.1) is 0 Å². The highest BCUT2D eigenvalue weighted by Gasteiger charge is 2.18. The number of hydrogen-bond donors (Lipinski definition) is 1. The van der Waals surface area contributed by atoms with E-state index < -0.39 is 5.97 Å². The van der Waals surface area contributed by atoms with Crippen molar-refractivity contribution in [3.8, 4) is 0 Å². The molecule has 0 aliphatic rings. The van der Waals surface area contributed by atoms with Gasteiger partial charge in [-0.15, -0.1) is 0 Å². The lowest BCUT2D eigenvalue weighted by Crippen LogP contribution is -2.37. The van der Waals surface area contributed by atoms with Crippen molar-refractivity contribution in [2.75, 3.05) is 25.1 Å². The lowest BCUT2D eigenvalue weighted by molar-refractivity contribution is -0.138. The maximum Gasteiger partial charge on any atom is 0.304 e. The third-order valence-corrected chi connectivity index (χ3v) is 3.04. The van der Waals surface area contributed by atoms with Crippen molar-refractivity contribution in [1.29, 1.82) is 0 Å². The normalized spacial score (nSPS) is 13.1. The van der Waals surface area contributed by atoms with Crippen molar-refractivity contribution < 1.29 is 9.90 Å². The van der Waals surface area contributed by atoms with Crippen LogP contribution in [0.25, 0.3) is 0 Å². The van der Waals surface area contributed by atoms with E-state index in [0.717, 1.165) is 25.3 Å². The van der Waals surface area contributed by atoms with Crippen molar-refractivity contribution in [3.63, 3.8) is 0 Å². The van der Waals surface area contributed by atoms with Gasteiger partial charge < -0.3 is 10.0 Å². The van der Waals surface area contributed by atoms with Crippen LogP contribution in [0.1, 0.15) is 26.7 Å². The molecule has 0 aromatic carbocycles. The molecule has 0 spiro atoms. The average molecular weight is 219 g/mol. The zero-order valence-electron chi connectivity index (χ0n) is 9.32. The van der Waals surface area contributed by atoms with Crippen LogP contribution in [0.5, 0.6) is 0 Å². The summed E-state index contributed by atoms with van der Waals surface area (Å²) < 4.78 is 0. The fourth-order valence-corrected chi connectivity index (χ4v) is 2.12. The lowest BCUT2D eigenvalue weighted by Gasteiger charge is -2.28. The summed E-state index contributed by atoms with van der Waals surface area (Å²) in [6, 6.07) is 0.204. The molecule has 0 heterocycles. The lowest BCUT2D eigenvalue weighted by atomic mass is 10.1. The summed E-state index contributed by atoms with van der Waals surface area (Å²) in [5.74, 6) is 0.344. The number of hydrogen-bond acceptors (Lipinski definition) is 3. The molecular weight excluding hydrogens is 198 g/mol. The van der Waals surface area contributed by atoms with Crippen molar-refractivity contribution in [3.05, 3.63) is 0 Å². The Balaban J connectivity index is 4.12. The monoisotopic (exact) mass is 219 g/mol. The Morgan fingerprint density at radius 3 is 2.36 bits per heavy atom. The second-order valence-electron chi connectivity index (χ2n) is 3.25. The van der Waals surface area contributed by atoms with Gasteiger partial charge >= 0.3 is 5.97 Å². The Morgan fingerprint density at radius 2 is 2.00 bits per heavy atom. The Morgan fingerprint density at radius 1 is 1.43 bits per heavy atom. The molecule has 1 N–H and O–H groups in total. The molecule has 0 rings (SSSR count). The molecule has 0 fully saturated rings. The molecule has 0 bridgehead atoms. The molecule has 0 saturated heterocycles. The van der Waals surface area contributed by atoms with Crippen LogP contribution in [-0.2, 0) is 4.79 Å². The van der Waals surface area contributed by atoms with Crippen LogP contribution >= 0.6 is 11.8 Å². The zero-order valence-corrected chi connectivity index (χ0v) is 10.1. The number of carboxylic acid groups (broad SMARTS) is 1. The quantitative estimate of drug-likeness (QED) is 0.677. The maximum absolute atomic E-state index is 10.7. The van der Waals surface area contributed by atoms with Gasteiger partial charge in [-0.25, -0.2) is 0 Å². The van der Waals surface area contributed by atoms with Gasteiger partial charge in [0.25, 0.3) is 0 Å². The van der Waals surface area contributed by atoms with E-state index in [9.17, 15) is 4.79 Å². The maximum atomic E-state index is 10.7. The molecule has 14 heavy (non-hydrogen) atoms. The molecule has 0 radical (unpaired) electrons. The van der Waals surface area contributed by atoms with Crippen LogP contribution in [0.4, 0.5) is 0 Å². The molecule has 0 amide bonds. The first-order chi connectivity index (χ1) is 6.65. The fourth-order valence-electron chi connectivity index (χ4n) is 1.61. The first-order valence-electron chi connectivity index (χ1n) is 5.10. The Hall–Kier alpha value is -0.220. The standard InChI is InChI=1S/C10H21NO2S/c1-4-11(5-2)9(6-7-14-3)8-10(12)13/h9H,4-8H2,1-3H3,(H,12,13). The van der Waals surface area contributed by atoms with Gasteiger partial charge in [0, 0.05) is 6.04 Å². The topological polar surface area (TPSA) is 40.5 Å². The third kappa shape index (κ3) is 5.50. The number of carboxylic acids is 1. The summed E-state index contributed by atoms with van der Waals surface area (Å²) >= 11 is 1.78. The highest BCUT2D eigenvalue weighted by molar-refractivity contribution is 7.98. The van der Waals surface area contributed by atoms with Crippen molar-refractivity contribution in [1.82, 2.24) is 4.90 Å². The van der Waals surface area contributed by atoms with Gasteiger partial charge in [0.15, 0.2) is 0 Å². The smallest absolute Gasteiger partial charge is 0.304 e. The second kappa shape index (κ2) is 8.12. The Labute approximate surface area is 90.9 Å². The molecule has 4 heteroatoms. The van der Waals surface area contributed by atoms with Gasteiger partial charge in [-0.1, -0.05) is 13.8 Å². The van der Waals surface area contributed by atoms with Crippen LogP contribution < -0.4 is 0 Å². The van der Waals surface area contributed by atoms with E-state index in [-0.39, 0.29) is 12.5 Å². The number of carbonyl (C=O) groups is 1. The molecule has 3 nitrogen and oxygen atoms in total. The van der Waals surface area contributed by atoms with E-state index in [1.807, 2.05) is 0 Å². The number of thioether (sulfide) groups is 1. The summed E-state index contributed by atoms with van der Waals surface area (Å²) in [5.41, 5.74) is 0. The molecule has 84 valence electrons. The summed E-state index contributed by atoms with van der Waals surface area (Å²) in [7, 11) is 0. The van der Waals surface area contributed by atoms with E-state index in [4.69, 9.17) is 5.11 Å². The molecule has 0 aromatic heterocycles. The largest absolute Gasteiger partial charge is 0.481 e. The Bertz CT molecular complexity index is 160. The van der Waals surface area contributed by atoms with E-state index in [2.05, 4.69) is 25.0 Å². The van der Waals surface area contributed by atoms with E-state index in [1.54, 1.807) is 11.8 Å².